The van der Waals surface area contributed by atoms with Crippen molar-refractivity contribution in [2.45, 2.75) is 25.8 Å². The summed E-state index contributed by atoms with van der Waals surface area (Å²) in [7, 11) is 1.37. The molecule has 0 aliphatic carbocycles. The van der Waals surface area contributed by atoms with E-state index < -0.39 is 5.54 Å². The Bertz CT molecular complexity index is 348. The first-order chi connectivity index (χ1) is 7.50. The van der Waals surface area contributed by atoms with Gasteiger partial charge in [-0.2, -0.15) is 0 Å². The first-order valence-corrected chi connectivity index (χ1v) is 5.42. The topological polar surface area (TPSA) is 52.3 Å². The van der Waals surface area contributed by atoms with Crippen LogP contribution in [0.4, 0.5) is 0 Å². The molecule has 0 saturated heterocycles. The number of nitrogens with two attached hydrogens (primary N) is 1. The number of carbonyl (C=O) groups excluding carboxylic acids is 1. The van der Waals surface area contributed by atoms with E-state index in [-0.39, 0.29) is 11.9 Å². The van der Waals surface area contributed by atoms with E-state index in [1.165, 1.54) is 7.11 Å². The molecule has 0 heterocycles. The maximum Gasteiger partial charge on any atom is 0.326 e. The number of hydrogen-bond donors (Lipinski definition) is 1. The molecule has 16 heavy (non-hydrogen) atoms. The molecular weight excluding hydrogens is 202 g/mol. The Kier molecular flexibility index (Phi) is 4.07. The average Bonchev–Trinajstić information content (AvgIpc) is 2.28. The van der Waals surface area contributed by atoms with Gasteiger partial charge in [-0.1, -0.05) is 44.2 Å². The third kappa shape index (κ3) is 2.61. The SMILES string of the molecule is COC(=O)C(N)(Cc1ccccc1)C(C)C. The highest BCUT2D eigenvalue weighted by molar-refractivity contribution is 5.81. The average molecular weight is 221 g/mol. The molecule has 3 heteroatoms. The van der Waals surface area contributed by atoms with Crippen molar-refractivity contribution >= 4 is 5.97 Å². The molecule has 1 atom stereocenters. The molecule has 0 radical (unpaired) electrons. The molecule has 1 aromatic rings. The Morgan fingerprint density at radius 3 is 2.38 bits per heavy atom. The molecule has 0 bridgehead atoms. The van der Waals surface area contributed by atoms with Gasteiger partial charge < -0.3 is 10.5 Å². The van der Waals surface area contributed by atoms with Gasteiger partial charge in [-0.25, -0.2) is 0 Å². The van der Waals surface area contributed by atoms with Crippen molar-refractivity contribution in [3.05, 3.63) is 35.9 Å². The van der Waals surface area contributed by atoms with Crippen LogP contribution in [0.2, 0.25) is 0 Å². The van der Waals surface area contributed by atoms with E-state index in [4.69, 9.17) is 10.5 Å². The van der Waals surface area contributed by atoms with Crippen LogP contribution in [0.1, 0.15) is 19.4 Å². The van der Waals surface area contributed by atoms with Gasteiger partial charge >= 0.3 is 5.97 Å². The summed E-state index contributed by atoms with van der Waals surface area (Å²) >= 11 is 0. The van der Waals surface area contributed by atoms with Crippen LogP contribution in [0.3, 0.4) is 0 Å². The molecule has 88 valence electrons. The van der Waals surface area contributed by atoms with Crippen LogP contribution in [0, 0.1) is 5.92 Å². The van der Waals surface area contributed by atoms with Crippen LogP contribution in [0.25, 0.3) is 0 Å². The van der Waals surface area contributed by atoms with Crippen LogP contribution in [0.5, 0.6) is 0 Å². The molecule has 2 N–H and O–H groups in total. The zero-order valence-corrected chi connectivity index (χ0v) is 10.1. The molecule has 0 aliphatic heterocycles. The minimum atomic E-state index is -0.948. The second-order valence-electron chi connectivity index (χ2n) is 4.35. The number of benzene rings is 1. The molecule has 1 rings (SSSR count). The summed E-state index contributed by atoms with van der Waals surface area (Å²) < 4.78 is 4.78. The van der Waals surface area contributed by atoms with Gasteiger partial charge in [-0.3, -0.25) is 4.79 Å². The van der Waals surface area contributed by atoms with Gasteiger partial charge in [-0.05, 0) is 11.5 Å². The van der Waals surface area contributed by atoms with E-state index in [0.29, 0.717) is 6.42 Å². The van der Waals surface area contributed by atoms with Gasteiger partial charge in [0.2, 0.25) is 0 Å². The molecule has 0 aromatic heterocycles. The molecule has 0 saturated carbocycles. The minimum Gasteiger partial charge on any atom is -0.468 e. The van der Waals surface area contributed by atoms with Crippen molar-refractivity contribution in [2.24, 2.45) is 11.7 Å². The molecule has 0 fully saturated rings. The Hall–Kier alpha value is -1.35. The monoisotopic (exact) mass is 221 g/mol. The van der Waals surface area contributed by atoms with E-state index in [2.05, 4.69) is 0 Å². The van der Waals surface area contributed by atoms with Gasteiger partial charge in [0.25, 0.3) is 0 Å². The highest BCUT2D eigenvalue weighted by Gasteiger charge is 2.38. The summed E-state index contributed by atoms with van der Waals surface area (Å²) in [6, 6.07) is 9.75. The third-order valence-corrected chi connectivity index (χ3v) is 2.94. The number of methoxy groups -OCH3 is 1. The van der Waals surface area contributed by atoms with Crippen LogP contribution in [-0.4, -0.2) is 18.6 Å². The number of carbonyl (C=O) groups is 1. The first-order valence-electron chi connectivity index (χ1n) is 5.42. The first kappa shape index (κ1) is 12.7. The molecule has 1 unspecified atom stereocenters. The number of ether oxygens (including phenoxy) is 1. The fraction of sp³-hybridized carbons (Fsp3) is 0.462. The predicted octanol–water partition coefficient (Wildman–Crippen LogP) is 1.76. The molecule has 0 spiro atoms. The zero-order chi connectivity index (χ0) is 12.2. The lowest BCUT2D eigenvalue weighted by molar-refractivity contribution is -0.148. The molecule has 1 aromatic carbocycles. The fourth-order valence-electron chi connectivity index (χ4n) is 1.64. The van der Waals surface area contributed by atoms with E-state index in [0.717, 1.165) is 5.56 Å². The van der Waals surface area contributed by atoms with E-state index in [1.807, 2.05) is 44.2 Å². The Morgan fingerprint density at radius 1 is 1.38 bits per heavy atom. The number of esters is 1. The van der Waals surface area contributed by atoms with Gasteiger partial charge in [0, 0.05) is 6.42 Å². The maximum absolute atomic E-state index is 11.7. The number of rotatable bonds is 4. The van der Waals surface area contributed by atoms with Gasteiger partial charge in [0.15, 0.2) is 0 Å². The van der Waals surface area contributed by atoms with Crippen molar-refractivity contribution in [1.82, 2.24) is 0 Å². The molecule has 3 nitrogen and oxygen atoms in total. The molecular formula is C13H19NO2. The normalized spacial score (nSPS) is 14.6. The Labute approximate surface area is 96.6 Å². The molecule has 0 amide bonds. The fourth-order valence-corrected chi connectivity index (χ4v) is 1.64. The summed E-state index contributed by atoms with van der Waals surface area (Å²) in [5.41, 5.74) is 6.25. The Balaban J connectivity index is 2.92. The lowest BCUT2D eigenvalue weighted by atomic mass is 9.82. The van der Waals surface area contributed by atoms with Crippen LogP contribution in [0.15, 0.2) is 30.3 Å². The van der Waals surface area contributed by atoms with E-state index >= 15 is 0 Å². The summed E-state index contributed by atoms with van der Waals surface area (Å²) in [5, 5.41) is 0. The predicted molar refractivity (Wildman–Crippen MR) is 63.9 cm³/mol. The van der Waals surface area contributed by atoms with Crippen molar-refractivity contribution in [2.75, 3.05) is 7.11 Å². The van der Waals surface area contributed by atoms with Crippen LogP contribution in [-0.2, 0) is 16.0 Å². The van der Waals surface area contributed by atoms with E-state index in [9.17, 15) is 4.79 Å². The summed E-state index contributed by atoms with van der Waals surface area (Å²) in [6.45, 7) is 3.86. The lowest BCUT2D eigenvalue weighted by Gasteiger charge is -2.30. The summed E-state index contributed by atoms with van der Waals surface area (Å²) in [6.07, 6.45) is 0.498. The quantitative estimate of drug-likeness (QED) is 0.788. The van der Waals surface area contributed by atoms with Crippen molar-refractivity contribution < 1.29 is 9.53 Å². The highest BCUT2D eigenvalue weighted by atomic mass is 16.5. The summed E-state index contributed by atoms with van der Waals surface area (Å²) in [4.78, 5) is 11.7. The second kappa shape index (κ2) is 5.12. The smallest absolute Gasteiger partial charge is 0.326 e. The van der Waals surface area contributed by atoms with Crippen LogP contribution < -0.4 is 5.73 Å². The van der Waals surface area contributed by atoms with Gasteiger partial charge in [0.1, 0.15) is 5.54 Å². The summed E-state index contributed by atoms with van der Waals surface area (Å²) in [5.74, 6) is -0.327. The highest BCUT2D eigenvalue weighted by Crippen LogP contribution is 2.21. The third-order valence-electron chi connectivity index (χ3n) is 2.94. The lowest BCUT2D eigenvalue weighted by Crippen LogP contribution is -2.54. The van der Waals surface area contributed by atoms with E-state index in [1.54, 1.807) is 0 Å². The minimum absolute atomic E-state index is 0.0279. The maximum atomic E-state index is 11.7. The standard InChI is InChI=1S/C13H19NO2/c1-10(2)13(14,12(15)16-3)9-11-7-5-4-6-8-11/h4-8,10H,9,14H2,1-3H3. The van der Waals surface area contributed by atoms with Gasteiger partial charge in [0.05, 0.1) is 7.11 Å². The number of hydrogen-bond acceptors (Lipinski definition) is 3. The van der Waals surface area contributed by atoms with Crippen molar-refractivity contribution in [3.8, 4) is 0 Å². The zero-order valence-electron chi connectivity index (χ0n) is 10.1. The second-order valence-corrected chi connectivity index (χ2v) is 4.35. The van der Waals surface area contributed by atoms with Gasteiger partial charge in [-0.15, -0.1) is 0 Å². The Morgan fingerprint density at radius 2 is 1.94 bits per heavy atom. The van der Waals surface area contributed by atoms with Crippen LogP contribution >= 0.6 is 0 Å². The molecule has 0 aliphatic rings. The largest absolute Gasteiger partial charge is 0.468 e. The van der Waals surface area contributed by atoms with Crippen molar-refractivity contribution in [3.63, 3.8) is 0 Å². The van der Waals surface area contributed by atoms with Crippen molar-refractivity contribution in [1.29, 1.82) is 0 Å².